The summed E-state index contributed by atoms with van der Waals surface area (Å²) in [5, 5.41) is 9.58. The lowest BCUT2D eigenvalue weighted by Crippen LogP contribution is -2.59. The second-order valence-corrected chi connectivity index (χ2v) is 11.6. The number of nitrogens with zero attached hydrogens (tertiary/aromatic N) is 3. The van der Waals surface area contributed by atoms with Gasteiger partial charge >= 0.3 is 5.97 Å². The molecule has 1 unspecified atom stereocenters. The van der Waals surface area contributed by atoms with Gasteiger partial charge in [-0.05, 0) is 56.2 Å². The van der Waals surface area contributed by atoms with Crippen LogP contribution in [-0.4, -0.2) is 72.0 Å². The molecule has 3 N–H and O–H groups in total. The van der Waals surface area contributed by atoms with Crippen molar-refractivity contribution < 1.29 is 28.9 Å². The predicted molar refractivity (Wildman–Crippen MR) is 151 cm³/mol. The molecular weight excluding hydrogens is 524 g/mol. The van der Waals surface area contributed by atoms with E-state index in [0.717, 1.165) is 88.4 Å². The van der Waals surface area contributed by atoms with Crippen LogP contribution in [-0.2, 0) is 31.9 Å². The normalized spacial score (nSPS) is 27.8. The van der Waals surface area contributed by atoms with E-state index in [1.165, 1.54) is 5.56 Å². The molecule has 3 aliphatic heterocycles. The van der Waals surface area contributed by atoms with Crippen LogP contribution in [0.4, 0.5) is 5.82 Å². The average Bonchev–Trinajstić information content (AvgIpc) is 3.66. The number of piperazine rings is 1. The highest BCUT2D eigenvalue weighted by Gasteiger charge is 2.63. The summed E-state index contributed by atoms with van der Waals surface area (Å²) in [5.74, 6) is -1.04. The number of nitrogens with two attached hydrogens (primary N) is 1. The third-order valence-corrected chi connectivity index (χ3v) is 9.41. The number of hydrogen-bond acceptors (Lipinski definition) is 8. The van der Waals surface area contributed by atoms with Crippen molar-refractivity contribution in [2.45, 2.75) is 50.7 Å². The van der Waals surface area contributed by atoms with Gasteiger partial charge in [-0.2, -0.15) is 0 Å². The number of pyridine rings is 1. The average molecular weight is 563 g/mol. The summed E-state index contributed by atoms with van der Waals surface area (Å²) < 4.78 is 17.7. The number of aromatic nitrogens is 1. The number of benzene rings is 1. The van der Waals surface area contributed by atoms with Gasteiger partial charge in [0.15, 0.2) is 0 Å². The lowest BCUT2D eigenvalue weighted by Gasteiger charge is -2.48. The number of aliphatic carboxylic acids is 1. The quantitative estimate of drug-likeness (QED) is 0.474. The van der Waals surface area contributed by atoms with Crippen LogP contribution in [0.15, 0.2) is 54.6 Å². The molecule has 1 aromatic carbocycles. The Morgan fingerprint density at radius 3 is 2.51 bits per heavy atom. The molecule has 218 valence electrons. The minimum atomic E-state index is -1.48. The van der Waals surface area contributed by atoms with E-state index < -0.39 is 23.1 Å². The van der Waals surface area contributed by atoms with Gasteiger partial charge in [-0.25, -0.2) is 9.78 Å². The van der Waals surface area contributed by atoms with Crippen molar-refractivity contribution in [3.8, 4) is 5.75 Å². The molecular formula is C31H38N4O6. The third-order valence-electron chi connectivity index (χ3n) is 9.41. The van der Waals surface area contributed by atoms with Gasteiger partial charge < -0.3 is 30.0 Å². The molecule has 2 fully saturated rings. The molecule has 1 atom stereocenters. The molecule has 4 aliphatic rings. The molecule has 1 saturated carbocycles. The van der Waals surface area contributed by atoms with Crippen molar-refractivity contribution in [3.05, 3.63) is 65.7 Å². The summed E-state index contributed by atoms with van der Waals surface area (Å²) in [6, 6.07) is 11.5. The van der Waals surface area contributed by atoms with Crippen LogP contribution in [0.3, 0.4) is 0 Å². The largest absolute Gasteiger partial charge is 0.493 e. The van der Waals surface area contributed by atoms with Gasteiger partial charge in [-0.1, -0.05) is 30.3 Å². The van der Waals surface area contributed by atoms with Crippen LogP contribution in [0.2, 0.25) is 0 Å². The summed E-state index contributed by atoms with van der Waals surface area (Å²) in [7, 11) is 0. The number of ether oxygens (including phenoxy) is 3. The molecule has 0 spiro atoms. The van der Waals surface area contributed by atoms with E-state index in [0.29, 0.717) is 18.8 Å². The van der Waals surface area contributed by atoms with Gasteiger partial charge in [-0.3, -0.25) is 9.69 Å². The standard InChI is InChI=1S/C31H38N4O6/c32-29(38)30(31(20-23-4-2-1-3-5-23)40-21-26(41-31)28(36)37)11-6-22(7-12-30)9-14-34-15-17-35(18-16-34)27-24-10-19-39-25(24)8-13-33-27/h1-5,8,13,21-22H,6-7,9-12,14-20H2,(H2,32,38)(H,36,37). The van der Waals surface area contributed by atoms with E-state index in [4.69, 9.17) is 19.9 Å². The minimum absolute atomic E-state index is 0.227. The van der Waals surface area contributed by atoms with Gasteiger partial charge in [0.2, 0.25) is 11.7 Å². The molecule has 6 rings (SSSR count). The highest BCUT2D eigenvalue weighted by atomic mass is 16.7. The van der Waals surface area contributed by atoms with Crippen molar-refractivity contribution in [1.82, 2.24) is 9.88 Å². The maximum atomic E-state index is 13.1. The molecule has 4 heterocycles. The summed E-state index contributed by atoms with van der Waals surface area (Å²) in [6.45, 7) is 5.57. The van der Waals surface area contributed by atoms with Crippen molar-refractivity contribution in [3.63, 3.8) is 0 Å². The first-order chi connectivity index (χ1) is 19.9. The molecule has 2 aromatic rings. The van der Waals surface area contributed by atoms with Gasteiger partial charge in [-0.15, -0.1) is 0 Å². The smallest absolute Gasteiger partial charge is 0.374 e. The van der Waals surface area contributed by atoms with Crippen LogP contribution in [0, 0.1) is 11.3 Å². The van der Waals surface area contributed by atoms with Crippen LogP contribution in [0.1, 0.15) is 43.2 Å². The molecule has 1 aliphatic carbocycles. The molecule has 10 nitrogen and oxygen atoms in total. The molecule has 10 heteroatoms. The van der Waals surface area contributed by atoms with Crippen molar-refractivity contribution in [1.29, 1.82) is 0 Å². The summed E-state index contributed by atoms with van der Waals surface area (Å²) in [5.41, 5.74) is 7.06. The Labute approximate surface area is 240 Å². The zero-order valence-electron chi connectivity index (χ0n) is 23.3. The molecule has 1 aromatic heterocycles. The number of amides is 1. The number of carboxylic acid groups (broad SMARTS) is 1. The first kappa shape index (κ1) is 27.4. The second kappa shape index (κ2) is 11.2. The molecule has 1 amide bonds. The number of carbonyl (C=O) groups is 2. The monoisotopic (exact) mass is 562 g/mol. The third kappa shape index (κ3) is 5.21. The van der Waals surface area contributed by atoms with Crippen molar-refractivity contribution in [2.75, 3.05) is 44.2 Å². The first-order valence-electron chi connectivity index (χ1n) is 14.6. The number of carboxylic acids is 1. The van der Waals surface area contributed by atoms with E-state index >= 15 is 0 Å². The van der Waals surface area contributed by atoms with Gasteiger partial charge in [0.25, 0.3) is 5.79 Å². The molecule has 41 heavy (non-hydrogen) atoms. The van der Waals surface area contributed by atoms with E-state index in [-0.39, 0.29) is 12.2 Å². The van der Waals surface area contributed by atoms with Gasteiger partial charge in [0, 0.05) is 44.4 Å². The number of fused-ring (bicyclic) bond motifs is 1. The summed E-state index contributed by atoms with van der Waals surface area (Å²) in [4.78, 5) is 34.4. The zero-order chi connectivity index (χ0) is 28.5. The summed E-state index contributed by atoms with van der Waals surface area (Å²) >= 11 is 0. The number of carbonyl (C=O) groups excluding carboxylic acids is 1. The lowest BCUT2D eigenvalue weighted by atomic mass is 9.63. The molecule has 1 saturated heterocycles. The van der Waals surface area contributed by atoms with Gasteiger partial charge in [0.05, 0.1) is 13.0 Å². The fourth-order valence-electron chi connectivity index (χ4n) is 6.98. The fourth-order valence-corrected chi connectivity index (χ4v) is 6.98. The van der Waals surface area contributed by atoms with E-state index in [2.05, 4.69) is 14.8 Å². The fraction of sp³-hybridized carbons (Fsp3) is 0.516. The Morgan fingerprint density at radius 2 is 1.83 bits per heavy atom. The van der Waals surface area contributed by atoms with Crippen LogP contribution in [0.5, 0.6) is 5.75 Å². The van der Waals surface area contributed by atoms with Gasteiger partial charge in [0.1, 0.15) is 23.2 Å². The predicted octanol–water partition coefficient (Wildman–Crippen LogP) is 3.10. The van der Waals surface area contributed by atoms with E-state index in [9.17, 15) is 14.7 Å². The Hall–Kier alpha value is -3.79. The lowest BCUT2D eigenvalue weighted by molar-refractivity contribution is -0.237. The molecule has 0 radical (unpaired) electrons. The second-order valence-electron chi connectivity index (χ2n) is 11.6. The van der Waals surface area contributed by atoms with E-state index in [1.54, 1.807) is 0 Å². The minimum Gasteiger partial charge on any atom is -0.493 e. The zero-order valence-corrected chi connectivity index (χ0v) is 23.3. The Morgan fingerprint density at radius 1 is 1.07 bits per heavy atom. The van der Waals surface area contributed by atoms with Crippen LogP contribution >= 0.6 is 0 Å². The number of primary amides is 1. The highest BCUT2D eigenvalue weighted by molar-refractivity contribution is 5.86. The Bertz CT molecular complexity index is 1300. The van der Waals surface area contributed by atoms with Crippen molar-refractivity contribution >= 4 is 17.7 Å². The summed E-state index contributed by atoms with van der Waals surface area (Å²) in [6.07, 6.45) is 7.72. The SMILES string of the molecule is NC(=O)C1(C2(Cc3ccccc3)OC=C(C(=O)O)O2)CCC(CCN2CCN(c3nccc4c3CCO4)CC2)CC1. The van der Waals surface area contributed by atoms with E-state index in [1.807, 2.05) is 42.6 Å². The molecule has 0 bridgehead atoms. The van der Waals surface area contributed by atoms with Crippen molar-refractivity contribution in [2.24, 2.45) is 17.1 Å². The van der Waals surface area contributed by atoms with Crippen LogP contribution in [0.25, 0.3) is 0 Å². The highest BCUT2D eigenvalue weighted by Crippen LogP contribution is 2.53. The maximum Gasteiger partial charge on any atom is 0.374 e. The van der Waals surface area contributed by atoms with Crippen LogP contribution < -0.4 is 15.4 Å². The number of rotatable bonds is 9. The first-order valence-corrected chi connectivity index (χ1v) is 14.6. The maximum absolute atomic E-state index is 13.1. The number of anilines is 1. The number of hydrogen-bond donors (Lipinski definition) is 2. The Kier molecular flexibility index (Phi) is 7.50. The Balaban J connectivity index is 1.07. The topological polar surface area (TPSA) is 127 Å².